The van der Waals surface area contributed by atoms with Gasteiger partial charge < -0.3 is 15.6 Å². The Kier molecular flexibility index (Phi) is 8.16. The van der Waals surface area contributed by atoms with Gasteiger partial charge in [0, 0.05) is 5.57 Å². The van der Waals surface area contributed by atoms with Crippen LogP contribution in [-0.4, -0.2) is 22.8 Å². The summed E-state index contributed by atoms with van der Waals surface area (Å²) < 4.78 is 4.88. The molecule has 0 saturated heterocycles. The molecule has 0 fully saturated rings. The average molecular weight is 231 g/mol. The summed E-state index contributed by atoms with van der Waals surface area (Å²) in [5.74, 6) is -0.935. The number of carboxylic acids is 1. The highest BCUT2D eigenvalue weighted by molar-refractivity contribution is 5.84. The SMILES string of the molecule is C=C(C)C(=O)O.CCC(C)(CC)OC(N)=O. The zero-order valence-corrected chi connectivity index (χ0v) is 10.4. The minimum atomic E-state index is -0.935. The Morgan fingerprint density at radius 1 is 1.38 bits per heavy atom. The highest BCUT2D eigenvalue weighted by atomic mass is 16.6. The zero-order chi connectivity index (χ0) is 13.4. The topological polar surface area (TPSA) is 89.6 Å². The number of aliphatic carboxylic acids is 1. The second-order valence-corrected chi connectivity index (χ2v) is 3.66. The van der Waals surface area contributed by atoms with Gasteiger partial charge in [-0.05, 0) is 26.7 Å². The van der Waals surface area contributed by atoms with Crippen molar-refractivity contribution in [1.82, 2.24) is 0 Å². The van der Waals surface area contributed by atoms with Crippen LogP contribution in [0.5, 0.6) is 0 Å². The summed E-state index contributed by atoms with van der Waals surface area (Å²) in [6.45, 7) is 10.4. The van der Waals surface area contributed by atoms with Gasteiger partial charge in [0.25, 0.3) is 0 Å². The number of hydrogen-bond donors (Lipinski definition) is 2. The molecule has 0 spiro atoms. The quantitative estimate of drug-likeness (QED) is 0.726. The molecular formula is C11H21NO4. The van der Waals surface area contributed by atoms with E-state index in [9.17, 15) is 9.59 Å². The smallest absolute Gasteiger partial charge is 0.405 e. The van der Waals surface area contributed by atoms with Gasteiger partial charge in [0.2, 0.25) is 0 Å². The van der Waals surface area contributed by atoms with Gasteiger partial charge in [-0.3, -0.25) is 0 Å². The van der Waals surface area contributed by atoms with Gasteiger partial charge in [-0.2, -0.15) is 0 Å². The Hall–Kier alpha value is -1.52. The highest BCUT2D eigenvalue weighted by Crippen LogP contribution is 2.18. The predicted octanol–water partition coefficient (Wildman–Crippen LogP) is 2.31. The first-order valence-electron chi connectivity index (χ1n) is 5.05. The maximum Gasteiger partial charge on any atom is 0.405 e. The Bertz CT molecular complexity index is 245. The first kappa shape index (κ1) is 16.9. The zero-order valence-electron chi connectivity index (χ0n) is 10.4. The number of hydrogen-bond acceptors (Lipinski definition) is 3. The van der Waals surface area contributed by atoms with Gasteiger partial charge in [-0.15, -0.1) is 0 Å². The van der Waals surface area contributed by atoms with Crippen molar-refractivity contribution in [2.75, 3.05) is 0 Å². The Morgan fingerprint density at radius 3 is 1.75 bits per heavy atom. The van der Waals surface area contributed by atoms with Crippen LogP contribution in [0.25, 0.3) is 0 Å². The van der Waals surface area contributed by atoms with Gasteiger partial charge in [-0.1, -0.05) is 20.4 Å². The normalized spacial score (nSPS) is 9.75. The molecule has 0 saturated carbocycles. The number of ether oxygens (including phenoxy) is 1. The molecule has 94 valence electrons. The molecule has 0 radical (unpaired) electrons. The maximum absolute atomic E-state index is 10.3. The lowest BCUT2D eigenvalue weighted by Crippen LogP contribution is -2.32. The predicted molar refractivity (Wildman–Crippen MR) is 62.1 cm³/mol. The van der Waals surface area contributed by atoms with Crippen LogP contribution in [-0.2, 0) is 9.53 Å². The van der Waals surface area contributed by atoms with E-state index in [1.54, 1.807) is 0 Å². The van der Waals surface area contributed by atoms with Crippen molar-refractivity contribution in [3.8, 4) is 0 Å². The Balaban J connectivity index is 0. The van der Waals surface area contributed by atoms with Crippen molar-refractivity contribution in [2.24, 2.45) is 5.73 Å². The van der Waals surface area contributed by atoms with Crippen molar-refractivity contribution in [2.45, 2.75) is 46.1 Å². The number of amides is 1. The van der Waals surface area contributed by atoms with E-state index >= 15 is 0 Å². The van der Waals surface area contributed by atoms with Gasteiger partial charge in [0.1, 0.15) is 5.60 Å². The molecule has 0 heterocycles. The summed E-state index contributed by atoms with van der Waals surface area (Å²) in [5.41, 5.74) is 4.68. The molecule has 5 nitrogen and oxygen atoms in total. The van der Waals surface area contributed by atoms with E-state index in [0.29, 0.717) is 0 Å². The number of carbonyl (C=O) groups is 2. The van der Waals surface area contributed by atoms with Crippen molar-refractivity contribution >= 4 is 12.1 Å². The third-order valence-electron chi connectivity index (χ3n) is 2.21. The van der Waals surface area contributed by atoms with Crippen molar-refractivity contribution < 1.29 is 19.4 Å². The summed E-state index contributed by atoms with van der Waals surface area (Å²) in [6, 6.07) is 0. The highest BCUT2D eigenvalue weighted by Gasteiger charge is 2.22. The van der Waals surface area contributed by atoms with Crippen LogP contribution in [0.15, 0.2) is 12.2 Å². The van der Waals surface area contributed by atoms with Crippen LogP contribution < -0.4 is 5.73 Å². The van der Waals surface area contributed by atoms with E-state index in [2.05, 4.69) is 6.58 Å². The van der Waals surface area contributed by atoms with Crippen LogP contribution >= 0.6 is 0 Å². The number of carbonyl (C=O) groups excluding carboxylic acids is 1. The first-order chi connectivity index (χ1) is 7.18. The molecule has 0 aliphatic carbocycles. The fourth-order valence-electron chi connectivity index (χ4n) is 0.637. The molecule has 3 N–H and O–H groups in total. The van der Waals surface area contributed by atoms with E-state index in [-0.39, 0.29) is 11.2 Å². The average Bonchev–Trinajstić information content (AvgIpc) is 2.17. The lowest BCUT2D eigenvalue weighted by molar-refractivity contribution is -0.132. The van der Waals surface area contributed by atoms with Crippen LogP contribution in [0, 0.1) is 0 Å². The van der Waals surface area contributed by atoms with Crippen LogP contribution in [0.3, 0.4) is 0 Å². The summed E-state index contributed by atoms with van der Waals surface area (Å²) in [4.78, 5) is 19.9. The van der Waals surface area contributed by atoms with E-state index in [1.807, 2.05) is 20.8 Å². The molecule has 0 aromatic heterocycles. The summed E-state index contributed by atoms with van der Waals surface area (Å²) in [7, 11) is 0. The van der Waals surface area contributed by atoms with Gasteiger partial charge in [0.05, 0.1) is 0 Å². The molecule has 0 aromatic carbocycles. The number of primary amides is 1. The summed E-state index contributed by atoms with van der Waals surface area (Å²) in [5, 5.41) is 7.89. The van der Waals surface area contributed by atoms with E-state index in [0.717, 1.165) is 12.8 Å². The lowest BCUT2D eigenvalue weighted by Gasteiger charge is -2.25. The molecule has 0 aliphatic rings. The van der Waals surface area contributed by atoms with Crippen molar-refractivity contribution in [3.05, 3.63) is 12.2 Å². The Morgan fingerprint density at radius 2 is 1.69 bits per heavy atom. The Labute approximate surface area is 96.3 Å². The second kappa shape index (κ2) is 7.73. The number of rotatable bonds is 4. The largest absolute Gasteiger partial charge is 0.478 e. The minimum Gasteiger partial charge on any atom is -0.478 e. The molecule has 5 heteroatoms. The first-order valence-corrected chi connectivity index (χ1v) is 5.05. The summed E-state index contributed by atoms with van der Waals surface area (Å²) in [6.07, 6.45) is 0.907. The molecule has 0 bridgehead atoms. The molecule has 0 aromatic rings. The molecule has 16 heavy (non-hydrogen) atoms. The maximum atomic E-state index is 10.3. The van der Waals surface area contributed by atoms with Crippen molar-refractivity contribution in [1.29, 1.82) is 0 Å². The monoisotopic (exact) mass is 231 g/mol. The number of nitrogens with two attached hydrogens (primary N) is 1. The fraction of sp³-hybridized carbons (Fsp3) is 0.636. The van der Waals surface area contributed by atoms with Gasteiger partial charge >= 0.3 is 12.1 Å². The molecule has 0 atom stereocenters. The fourth-order valence-corrected chi connectivity index (χ4v) is 0.637. The van der Waals surface area contributed by atoms with E-state index in [4.69, 9.17) is 15.6 Å². The number of carboxylic acid groups (broad SMARTS) is 1. The van der Waals surface area contributed by atoms with Crippen LogP contribution in [0.2, 0.25) is 0 Å². The third-order valence-corrected chi connectivity index (χ3v) is 2.21. The van der Waals surface area contributed by atoms with E-state index in [1.165, 1.54) is 6.92 Å². The van der Waals surface area contributed by atoms with Crippen LogP contribution in [0.1, 0.15) is 40.5 Å². The summed E-state index contributed by atoms with van der Waals surface area (Å²) >= 11 is 0. The lowest BCUT2D eigenvalue weighted by atomic mass is 10.0. The van der Waals surface area contributed by atoms with E-state index < -0.39 is 12.1 Å². The van der Waals surface area contributed by atoms with Crippen molar-refractivity contribution in [3.63, 3.8) is 0 Å². The van der Waals surface area contributed by atoms with Gasteiger partial charge in [0.15, 0.2) is 0 Å². The minimum absolute atomic E-state index is 0.176. The second-order valence-electron chi connectivity index (χ2n) is 3.66. The third kappa shape index (κ3) is 9.05. The van der Waals surface area contributed by atoms with Gasteiger partial charge in [-0.25, -0.2) is 9.59 Å². The molecule has 0 unspecified atom stereocenters. The molecule has 1 amide bonds. The van der Waals surface area contributed by atoms with Crippen LogP contribution in [0.4, 0.5) is 4.79 Å². The molecule has 0 rings (SSSR count). The standard InChI is InChI=1S/C7H15NO2.C4H6O2/c1-4-7(3,5-2)10-6(8)9;1-3(2)4(5)6/h4-5H2,1-3H3,(H2,8,9);1H2,2H3,(H,5,6). The molecular weight excluding hydrogens is 210 g/mol. The molecule has 0 aliphatic heterocycles.